The molecule has 2 aromatic heterocycles. The summed E-state index contributed by atoms with van der Waals surface area (Å²) in [7, 11) is 0. The van der Waals surface area contributed by atoms with Gasteiger partial charge in [-0.15, -0.1) is 11.3 Å². The molecule has 54 heavy (non-hydrogen) atoms. The number of hydrogen-bond acceptors (Lipinski definition) is 3. The third kappa shape index (κ3) is 4.78. The normalized spacial score (nSPS) is 14.2. The number of thiophene rings is 1. The van der Waals surface area contributed by atoms with Gasteiger partial charge >= 0.3 is 0 Å². The molecule has 258 valence electrons. The van der Waals surface area contributed by atoms with Crippen molar-refractivity contribution in [1.82, 2.24) is 0 Å². The van der Waals surface area contributed by atoms with Crippen molar-refractivity contribution in [3.05, 3.63) is 186 Å². The van der Waals surface area contributed by atoms with Crippen LogP contribution in [0, 0.1) is 0 Å². The van der Waals surface area contributed by atoms with Gasteiger partial charge < -0.3 is 9.32 Å². The van der Waals surface area contributed by atoms with Gasteiger partial charge in [0.2, 0.25) is 0 Å². The Morgan fingerprint density at radius 3 is 2.19 bits per heavy atom. The highest BCUT2D eigenvalue weighted by Gasteiger charge is 2.38. The summed E-state index contributed by atoms with van der Waals surface area (Å²) < 4.78 is 8.94. The Morgan fingerprint density at radius 1 is 0.556 bits per heavy atom. The van der Waals surface area contributed by atoms with Gasteiger partial charge in [-0.1, -0.05) is 117 Å². The molecule has 2 heterocycles. The maximum absolute atomic E-state index is 6.33. The van der Waals surface area contributed by atoms with Crippen molar-refractivity contribution >= 4 is 71.2 Å². The molecule has 11 rings (SSSR count). The lowest BCUT2D eigenvalue weighted by Gasteiger charge is -2.32. The van der Waals surface area contributed by atoms with E-state index in [9.17, 15) is 0 Å². The topological polar surface area (TPSA) is 16.4 Å². The zero-order valence-corrected chi connectivity index (χ0v) is 31.1. The molecule has 7 aromatic carbocycles. The van der Waals surface area contributed by atoms with Gasteiger partial charge in [-0.3, -0.25) is 0 Å². The second-order valence-electron chi connectivity index (χ2n) is 15.2. The molecule has 0 radical (unpaired) electrons. The van der Waals surface area contributed by atoms with Crippen molar-refractivity contribution in [2.24, 2.45) is 0 Å². The van der Waals surface area contributed by atoms with Gasteiger partial charge in [-0.05, 0) is 118 Å². The number of benzene rings is 7. The highest BCUT2D eigenvalue weighted by atomic mass is 32.1. The number of aryl methyl sites for hydroxylation is 1. The molecule has 0 spiro atoms. The van der Waals surface area contributed by atoms with Crippen molar-refractivity contribution in [3.8, 4) is 22.3 Å². The van der Waals surface area contributed by atoms with Crippen LogP contribution in [0.4, 0.5) is 17.1 Å². The fraction of sp³-hybridized carbons (Fsp3) is 0.0980. The second kappa shape index (κ2) is 11.9. The lowest BCUT2D eigenvalue weighted by atomic mass is 9.81. The van der Waals surface area contributed by atoms with Crippen LogP contribution >= 0.6 is 11.3 Å². The minimum Gasteiger partial charge on any atom is -0.456 e. The summed E-state index contributed by atoms with van der Waals surface area (Å²) in [6.07, 6.45) is 4.26. The average molecular weight is 712 g/mol. The number of para-hydroxylation sites is 1. The van der Waals surface area contributed by atoms with Gasteiger partial charge in [0.1, 0.15) is 11.3 Å². The molecular formula is C51H37NOS. The Kier molecular flexibility index (Phi) is 6.93. The van der Waals surface area contributed by atoms with Crippen LogP contribution in [0.1, 0.15) is 48.3 Å². The number of hydrogen-bond donors (Lipinski definition) is 0. The van der Waals surface area contributed by atoms with Crippen LogP contribution in [0.5, 0.6) is 0 Å². The number of anilines is 3. The summed E-state index contributed by atoms with van der Waals surface area (Å²) in [4.78, 5) is 2.50. The van der Waals surface area contributed by atoms with Crippen molar-refractivity contribution in [2.75, 3.05) is 4.90 Å². The molecule has 0 unspecified atom stereocenters. The summed E-state index contributed by atoms with van der Waals surface area (Å²) in [6.45, 7) is 4.76. The summed E-state index contributed by atoms with van der Waals surface area (Å²) >= 11 is 1.88. The molecule has 0 bridgehead atoms. The molecule has 2 aliphatic carbocycles. The van der Waals surface area contributed by atoms with Crippen LogP contribution in [0.15, 0.2) is 162 Å². The summed E-state index contributed by atoms with van der Waals surface area (Å²) in [5, 5.41) is 3.83. The van der Waals surface area contributed by atoms with Gasteiger partial charge in [-0.25, -0.2) is 0 Å². The van der Waals surface area contributed by atoms with Gasteiger partial charge in [0.25, 0.3) is 0 Å². The van der Waals surface area contributed by atoms with Crippen LogP contribution in [-0.4, -0.2) is 0 Å². The number of fused-ring (bicyclic) bond motifs is 9. The van der Waals surface area contributed by atoms with Gasteiger partial charge in [0.15, 0.2) is 0 Å². The SMILES string of the molecule is CC1(C)c2ccccc2-c2cccc(N(c3cccc(-c4ccccc4)c3)c3ccc4sc5ccc(C6=Cc7oc8ccccc8c7CC6)cc5c4c3)c21. The predicted molar refractivity (Wildman–Crippen MR) is 229 cm³/mol. The Bertz CT molecular complexity index is 2980. The molecule has 0 saturated heterocycles. The maximum atomic E-state index is 6.33. The lowest BCUT2D eigenvalue weighted by Crippen LogP contribution is -2.20. The van der Waals surface area contributed by atoms with Crippen LogP contribution in [0.3, 0.4) is 0 Å². The Labute approximate surface area is 319 Å². The third-order valence-corrected chi connectivity index (χ3v) is 12.9. The van der Waals surface area contributed by atoms with Crippen molar-refractivity contribution in [1.29, 1.82) is 0 Å². The summed E-state index contributed by atoms with van der Waals surface area (Å²) in [5.74, 6) is 1.00. The lowest BCUT2D eigenvalue weighted by molar-refractivity contribution is 0.596. The Hall–Kier alpha value is -6.16. The number of furan rings is 1. The van der Waals surface area contributed by atoms with E-state index in [1.807, 2.05) is 11.3 Å². The van der Waals surface area contributed by atoms with Crippen molar-refractivity contribution < 1.29 is 4.42 Å². The van der Waals surface area contributed by atoms with E-state index in [1.54, 1.807) is 0 Å². The zero-order chi connectivity index (χ0) is 36.0. The van der Waals surface area contributed by atoms with Crippen LogP contribution in [0.25, 0.3) is 65.0 Å². The first-order chi connectivity index (χ1) is 26.5. The van der Waals surface area contributed by atoms with E-state index in [0.717, 1.165) is 35.6 Å². The largest absolute Gasteiger partial charge is 0.456 e. The first-order valence-electron chi connectivity index (χ1n) is 18.9. The minimum atomic E-state index is -0.167. The molecule has 0 amide bonds. The van der Waals surface area contributed by atoms with Crippen molar-refractivity contribution in [2.45, 2.75) is 32.1 Å². The molecule has 9 aromatic rings. The van der Waals surface area contributed by atoms with E-state index in [1.165, 1.54) is 81.3 Å². The number of allylic oxidation sites excluding steroid dienone is 1. The monoisotopic (exact) mass is 711 g/mol. The minimum absolute atomic E-state index is 0.167. The highest BCUT2D eigenvalue weighted by molar-refractivity contribution is 7.25. The molecule has 0 aliphatic heterocycles. The molecule has 2 nitrogen and oxygen atoms in total. The van der Waals surface area contributed by atoms with Gasteiger partial charge in [0, 0.05) is 47.9 Å². The molecule has 3 heteroatoms. The summed E-state index contributed by atoms with van der Waals surface area (Å²) in [6, 6.07) is 58.0. The second-order valence-corrected chi connectivity index (χ2v) is 16.3. The molecule has 0 atom stereocenters. The molecule has 2 aliphatic rings. The first-order valence-corrected chi connectivity index (χ1v) is 19.7. The van der Waals surface area contributed by atoms with Crippen molar-refractivity contribution in [3.63, 3.8) is 0 Å². The quantitative estimate of drug-likeness (QED) is 0.177. The van der Waals surface area contributed by atoms with Crippen LogP contribution < -0.4 is 4.90 Å². The first kappa shape index (κ1) is 31.4. The Balaban J connectivity index is 1.09. The van der Waals surface area contributed by atoms with E-state index in [4.69, 9.17) is 4.42 Å². The van der Waals surface area contributed by atoms with E-state index in [-0.39, 0.29) is 5.41 Å². The van der Waals surface area contributed by atoms with Gasteiger partial charge in [0.05, 0.1) is 5.69 Å². The van der Waals surface area contributed by atoms with Gasteiger partial charge in [-0.2, -0.15) is 0 Å². The summed E-state index contributed by atoms with van der Waals surface area (Å²) in [5.41, 5.74) is 16.1. The zero-order valence-electron chi connectivity index (χ0n) is 30.3. The van der Waals surface area contributed by atoms with E-state index < -0.39 is 0 Å². The van der Waals surface area contributed by atoms with Crippen LogP contribution in [-0.2, 0) is 11.8 Å². The standard InChI is InChI=1S/C51H37NOS/c1-51(2)44-19-8-6-16-38(44)41-18-11-20-45(50(41)51)52(36-15-10-14-33(28-36)32-12-4-3-5-13-32)37-24-27-49-43(31-37)42-29-34(23-26-48(42)54-49)35-22-25-40-39-17-7-9-21-46(39)53-47(40)30-35/h3-21,23-24,26-31H,22,25H2,1-2H3. The Morgan fingerprint density at radius 2 is 1.28 bits per heavy atom. The van der Waals surface area contributed by atoms with E-state index in [0.29, 0.717) is 0 Å². The highest BCUT2D eigenvalue weighted by Crippen LogP contribution is 2.54. The predicted octanol–water partition coefficient (Wildman–Crippen LogP) is 14.7. The average Bonchev–Trinajstić information content (AvgIpc) is 3.85. The molecular weight excluding hydrogens is 675 g/mol. The number of rotatable bonds is 5. The van der Waals surface area contributed by atoms with E-state index >= 15 is 0 Å². The van der Waals surface area contributed by atoms with E-state index in [2.05, 4.69) is 183 Å². The molecule has 0 saturated carbocycles. The fourth-order valence-electron chi connectivity index (χ4n) is 9.20. The fourth-order valence-corrected chi connectivity index (χ4v) is 10.3. The molecule has 0 fully saturated rings. The third-order valence-electron chi connectivity index (χ3n) is 11.8. The molecule has 0 N–H and O–H groups in total. The smallest absolute Gasteiger partial charge is 0.135 e. The van der Waals surface area contributed by atoms with Crippen LogP contribution in [0.2, 0.25) is 0 Å². The number of nitrogens with zero attached hydrogens (tertiary/aromatic N) is 1. The maximum Gasteiger partial charge on any atom is 0.135 e.